The quantitative estimate of drug-likeness (QED) is 0.639. The van der Waals surface area contributed by atoms with E-state index < -0.39 is 11.6 Å². The summed E-state index contributed by atoms with van der Waals surface area (Å²) in [5.74, 6) is -1.70. The van der Waals surface area contributed by atoms with Crippen molar-refractivity contribution in [2.75, 3.05) is 38.1 Å². The summed E-state index contributed by atoms with van der Waals surface area (Å²) in [6.07, 6.45) is 2.39. The number of hydrogen-bond donors (Lipinski definition) is 2. The van der Waals surface area contributed by atoms with Gasteiger partial charge in [-0.3, -0.25) is 5.41 Å². The summed E-state index contributed by atoms with van der Waals surface area (Å²) in [5.41, 5.74) is 5.25. The number of nitrogens with two attached hydrogens (primary N) is 1. The van der Waals surface area contributed by atoms with E-state index in [-0.39, 0.29) is 17.1 Å². The van der Waals surface area contributed by atoms with Crippen LogP contribution in [-0.4, -0.2) is 44.0 Å². The minimum atomic E-state index is -0.681. The van der Waals surface area contributed by atoms with Gasteiger partial charge in [0.15, 0.2) is 0 Å². The molecule has 1 saturated heterocycles. The van der Waals surface area contributed by atoms with E-state index in [4.69, 9.17) is 11.1 Å². The molecule has 2 rings (SSSR count). The molecular formula is C14H20F2N4. The molecule has 1 aromatic rings. The largest absolute Gasteiger partial charge is 0.384 e. The minimum Gasteiger partial charge on any atom is -0.384 e. The molecule has 0 aromatic heterocycles. The third-order valence-corrected chi connectivity index (χ3v) is 3.66. The van der Waals surface area contributed by atoms with Crippen LogP contribution in [0, 0.1) is 17.0 Å². The molecule has 0 unspecified atom stereocenters. The maximum atomic E-state index is 14.0. The Bertz CT molecular complexity index is 475. The van der Waals surface area contributed by atoms with Gasteiger partial charge in [0.1, 0.15) is 23.2 Å². The number of benzene rings is 1. The number of nitrogens with one attached hydrogen (secondary N) is 1. The van der Waals surface area contributed by atoms with Crippen LogP contribution in [0.15, 0.2) is 12.1 Å². The van der Waals surface area contributed by atoms with Crippen molar-refractivity contribution in [2.24, 2.45) is 5.73 Å². The summed E-state index contributed by atoms with van der Waals surface area (Å²) >= 11 is 0. The highest BCUT2D eigenvalue weighted by atomic mass is 19.1. The molecule has 1 aromatic carbocycles. The van der Waals surface area contributed by atoms with E-state index >= 15 is 0 Å². The molecular weight excluding hydrogens is 262 g/mol. The van der Waals surface area contributed by atoms with Gasteiger partial charge < -0.3 is 15.5 Å². The average Bonchev–Trinajstić information content (AvgIpc) is 2.88. The number of likely N-dealkylation sites (N-methyl/N-ethyl adjacent to an activating group) is 1. The van der Waals surface area contributed by atoms with Crippen molar-refractivity contribution >= 4 is 11.5 Å². The Labute approximate surface area is 117 Å². The van der Waals surface area contributed by atoms with Crippen LogP contribution in [0.3, 0.4) is 0 Å². The van der Waals surface area contributed by atoms with Crippen molar-refractivity contribution in [2.45, 2.75) is 12.8 Å². The fourth-order valence-corrected chi connectivity index (χ4v) is 2.50. The van der Waals surface area contributed by atoms with Crippen molar-refractivity contribution < 1.29 is 8.78 Å². The monoisotopic (exact) mass is 282 g/mol. The summed E-state index contributed by atoms with van der Waals surface area (Å²) in [5, 5.41) is 7.22. The smallest absolute Gasteiger partial charge is 0.150 e. The van der Waals surface area contributed by atoms with Crippen LogP contribution in [0.2, 0.25) is 0 Å². The maximum Gasteiger partial charge on any atom is 0.150 e. The predicted molar refractivity (Wildman–Crippen MR) is 76.3 cm³/mol. The van der Waals surface area contributed by atoms with Crippen LogP contribution in [0.1, 0.15) is 18.4 Å². The van der Waals surface area contributed by atoms with E-state index in [0.29, 0.717) is 6.54 Å². The van der Waals surface area contributed by atoms with E-state index in [2.05, 4.69) is 4.90 Å². The standard InChI is InChI=1S/C14H20F2N4/c1-19(6-7-20-4-2-3-5-20)13-11(15)8-10(14(17)18)9-12(13)16/h8-9H,2-7H2,1H3,(H3,17,18). The number of halogens is 2. The first-order valence-electron chi connectivity index (χ1n) is 6.76. The summed E-state index contributed by atoms with van der Waals surface area (Å²) in [7, 11) is 1.67. The third-order valence-electron chi connectivity index (χ3n) is 3.66. The molecule has 4 nitrogen and oxygen atoms in total. The highest BCUT2D eigenvalue weighted by Gasteiger charge is 2.18. The SMILES string of the molecule is CN(CCN1CCCC1)c1c(F)cc(C(=N)N)cc1F. The number of anilines is 1. The van der Waals surface area contributed by atoms with Gasteiger partial charge in [-0.1, -0.05) is 0 Å². The second-order valence-corrected chi connectivity index (χ2v) is 5.17. The summed E-state index contributed by atoms with van der Waals surface area (Å²) in [6, 6.07) is 2.21. The number of amidine groups is 1. The van der Waals surface area contributed by atoms with Crippen molar-refractivity contribution in [3.05, 3.63) is 29.3 Å². The fraction of sp³-hybridized carbons (Fsp3) is 0.500. The molecule has 1 aliphatic rings. The molecule has 3 N–H and O–H groups in total. The summed E-state index contributed by atoms with van der Waals surface area (Å²) in [4.78, 5) is 3.86. The predicted octanol–water partition coefficient (Wildman–Crippen LogP) is 1.78. The number of likely N-dealkylation sites (tertiary alicyclic amines) is 1. The first kappa shape index (κ1) is 14.7. The van der Waals surface area contributed by atoms with Crippen molar-refractivity contribution in [3.8, 4) is 0 Å². The summed E-state index contributed by atoms with van der Waals surface area (Å²) in [6.45, 7) is 3.47. The molecule has 1 fully saturated rings. The second-order valence-electron chi connectivity index (χ2n) is 5.17. The molecule has 6 heteroatoms. The van der Waals surface area contributed by atoms with E-state index in [9.17, 15) is 8.78 Å². The molecule has 1 aliphatic heterocycles. The van der Waals surface area contributed by atoms with E-state index in [1.807, 2.05) is 0 Å². The number of hydrogen-bond acceptors (Lipinski definition) is 3. The molecule has 20 heavy (non-hydrogen) atoms. The lowest BCUT2D eigenvalue weighted by molar-refractivity contribution is 0.346. The Balaban J connectivity index is 2.08. The lowest BCUT2D eigenvalue weighted by atomic mass is 10.1. The van der Waals surface area contributed by atoms with Crippen LogP contribution in [0.4, 0.5) is 14.5 Å². The highest BCUT2D eigenvalue weighted by Crippen LogP contribution is 2.24. The van der Waals surface area contributed by atoms with Gasteiger partial charge in [0.05, 0.1) is 0 Å². The normalized spacial score (nSPS) is 15.6. The van der Waals surface area contributed by atoms with Crippen LogP contribution >= 0.6 is 0 Å². The van der Waals surface area contributed by atoms with E-state index in [1.165, 1.54) is 12.8 Å². The first-order valence-corrected chi connectivity index (χ1v) is 6.76. The lowest BCUT2D eigenvalue weighted by Gasteiger charge is -2.24. The third kappa shape index (κ3) is 3.25. The first-order chi connectivity index (χ1) is 9.49. The van der Waals surface area contributed by atoms with Gasteiger partial charge in [0.25, 0.3) is 0 Å². The lowest BCUT2D eigenvalue weighted by Crippen LogP contribution is -2.32. The molecule has 0 saturated carbocycles. The van der Waals surface area contributed by atoms with Gasteiger partial charge in [-0.2, -0.15) is 0 Å². The summed E-state index contributed by atoms with van der Waals surface area (Å²) < 4.78 is 27.9. The zero-order valence-corrected chi connectivity index (χ0v) is 11.6. The Morgan fingerprint density at radius 3 is 2.35 bits per heavy atom. The van der Waals surface area contributed by atoms with Crippen LogP contribution in [0.25, 0.3) is 0 Å². The van der Waals surface area contributed by atoms with Crippen molar-refractivity contribution in [1.82, 2.24) is 4.90 Å². The molecule has 0 spiro atoms. The number of rotatable bonds is 5. The molecule has 0 amide bonds. The molecule has 0 atom stereocenters. The average molecular weight is 282 g/mol. The zero-order valence-electron chi connectivity index (χ0n) is 11.6. The Morgan fingerprint density at radius 1 is 1.30 bits per heavy atom. The minimum absolute atomic E-state index is 0.0609. The number of nitrogens with zero attached hydrogens (tertiary/aromatic N) is 2. The topological polar surface area (TPSA) is 56.4 Å². The zero-order chi connectivity index (χ0) is 14.7. The van der Waals surface area contributed by atoms with Gasteiger partial charge in [-0.15, -0.1) is 0 Å². The Morgan fingerprint density at radius 2 is 1.85 bits per heavy atom. The second kappa shape index (κ2) is 6.17. The molecule has 0 bridgehead atoms. The van der Waals surface area contributed by atoms with Gasteiger partial charge in [0, 0.05) is 25.7 Å². The number of nitrogen functional groups attached to an aromatic ring is 1. The van der Waals surface area contributed by atoms with Gasteiger partial charge in [-0.25, -0.2) is 8.78 Å². The van der Waals surface area contributed by atoms with Crippen LogP contribution in [0.5, 0.6) is 0 Å². The molecule has 1 heterocycles. The molecule has 0 radical (unpaired) electrons. The Hall–Kier alpha value is -1.69. The van der Waals surface area contributed by atoms with E-state index in [1.54, 1.807) is 11.9 Å². The van der Waals surface area contributed by atoms with Crippen LogP contribution in [-0.2, 0) is 0 Å². The molecule has 0 aliphatic carbocycles. The fourth-order valence-electron chi connectivity index (χ4n) is 2.50. The van der Waals surface area contributed by atoms with E-state index in [0.717, 1.165) is 31.8 Å². The van der Waals surface area contributed by atoms with Crippen molar-refractivity contribution in [1.29, 1.82) is 5.41 Å². The Kier molecular flexibility index (Phi) is 4.54. The molecule has 110 valence electrons. The highest BCUT2D eigenvalue weighted by molar-refractivity contribution is 5.95. The van der Waals surface area contributed by atoms with Gasteiger partial charge in [-0.05, 0) is 38.1 Å². The van der Waals surface area contributed by atoms with Gasteiger partial charge >= 0.3 is 0 Å². The van der Waals surface area contributed by atoms with Gasteiger partial charge in [0.2, 0.25) is 0 Å². The maximum absolute atomic E-state index is 14.0. The van der Waals surface area contributed by atoms with Crippen molar-refractivity contribution in [3.63, 3.8) is 0 Å². The van der Waals surface area contributed by atoms with Crippen LogP contribution < -0.4 is 10.6 Å².